The first-order valence-corrected chi connectivity index (χ1v) is 7.17. The van der Waals surface area contributed by atoms with Gasteiger partial charge in [0.2, 0.25) is 0 Å². The van der Waals surface area contributed by atoms with Gasteiger partial charge in [0, 0.05) is 5.56 Å². The summed E-state index contributed by atoms with van der Waals surface area (Å²) < 4.78 is 38.4. The second-order valence-electron chi connectivity index (χ2n) is 5.01. The number of anilines is 1. The maximum Gasteiger partial charge on any atom is 0.416 e. The van der Waals surface area contributed by atoms with Crippen molar-refractivity contribution in [3.8, 4) is 5.75 Å². The number of hydrogen-bond acceptors (Lipinski definition) is 3. The summed E-state index contributed by atoms with van der Waals surface area (Å²) in [6.07, 6.45) is -4.55. The number of hydrogen-bond donors (Lipinski definition) is 3. The van der Waals surface area contributed by atoms with Crippen LogP contribution in [0.4, 0.5) is 18.9 Å². The molecule has 0 saturated carbocycles. The third kappa shape index (κ3) is 4.45. The number of amides is 1. The maximum absolute atomic E-state index is 12.8. The van der Waals surface area contributed by atoms with Crippen LogP contribution in [0, 0.1) is 6.92 Å². The van der Waals surface area contributed by atoms with Gasteiger partial charge in [0.1, 0.15) is 5.75 Å². The predicted octanol–water partition coefficient (Wildman–Crippen LogP) is 3.85. The zero-order valence-electron chi connectivity index (χ0n) is 12.4. The lowest BCUT2D eigenvalue weighted by Gasteiger charge is -2.13. The molecule has 126 valence electrons. The van der Waals surface area contributed by atoms with Gasteiger partial charge in [-0.2, -0.15) is 13.2 Å². The molecule has 2 rings (SSSR count). The van der Waals surface area contributed by atoms with E-state index in [1.165, 1.54) is 25.1 Å². The van der Waals surface area contributed by atoms with E-state index >= 15 is 0 Å². The summed E-state index contributed by atoms with van der Waals surface area (Å²) in [6, 6.07) is 9.23. The van der Waals surface area contributed by atoms with E-state index in [-0.39, 0.29) is 22.1 Å². The van der Waals surface area contributed by atoms with Crippen molar-refractivity contribution in [2.24, 2.45) is 0 Å². The van der Waals surface area contributed by atoms with Gasteiger partial charge in [0.25, 0.3) is 5.91 Å². The average molecular weight is 354 g/mol. The molecule has 0 radical (unpaired) electrons. The SMILES string of the molecule is Cc1cc(C(=O)NC(=S)Nc2ccccc2O)cc(C(F)(F)F)c1. The van der Waals surface area contributed by atoms with Gasteiger partial charge in [-0.15, -0.1) is 0 Å². The highest BCUT2D eigenvalue weighted by Crippen LogP contribution is 2.30. The van der Waals surface area contributed by atoms with Gasteiger partial charge in [-0.3, -0.25) is 10.1 Å². The van der Waals surface area contributed by atoms with Crippen molar-refractivity contribution in [2.75, 3.05) is 5.32 Å². The third-order valence-corrected chi connectivity index (χ3v) is 3.25. The molecule has 0 fully saturated rings. The molecule has 0 saturated heterocycles. The Labute approximate surface area is 141 Å². The Morgan fingerprint density at radius 1 is 1.17 bits per heavy atom. The number of aryl methyl sites for hydroxylation is 1. The van der Waals surface area contributed by atoms with E-state index < -0.39 is 17.6 Å². The summed E-state index contributed by atoms with van der Waals surface area (Å²) >= 11 is 4.93. The van der Waals surface area contributed by atoms with Gasteiger partial charge in [-0.25, -0.2) is 0 Å². The number of carbonyl (C=O) groups is 1. The number of benzene rings is 2. The molecule has 2 aromatic carbocycles. The Bertz CT molecular complexity index is 791. The number of phenols is 1. The monoisotopic (exact) mass is 354 g/mol. The lowest BCUT2D eigenvalue weighted by Crippen LogP contribution is -2.34. The summed E-state index contributed by atoms with van der Waals surface area (Å²) in [5, 5.41) is 14.3. The molecule has 4 nitrogen and oxygen atoms in total. The van der Waals surface area contributed by atoms with Crippen LogP contribution in [0.15, 0.2) is 42.5 Å². The molecule has 24 heavy (non-hydrogen) atoms. The highest BCUT2D eigenvalue weighted by Gasteiger charge is 2.31. The number of nitrogens with one attached hydrogen (secondary N) is 2. The van der Waals surface area contributed by atoms with Crippen LogP contribution in [0.2, 0.25) is 0 Å². The number of phenolic OH excluding ortho intramolecular Hbond substituents is 1. The Kier molecular flexibility index (Phi) is 5.08. The number of para-hydroxylation sites is 2. The van der Waals surface area contributed by atoms with E-state index in [9.17, 15) is 23.1 Å². The van der Waals surface area contributed by atoms with Crippen molar-refractivity contribution in [3.63, 3.8) is 0 Å². The minimum Gasteiger partial charge on any atom is -0.506 e. The highest BCUT2D eigenvalue weighted by molar-refractivity contribution is 7.80. The molecule has 0 atom stereocenters. The van der Waals surface area contributed by atoms with Crippen molar-refractivity contribution in [3.05, 3.63) is 59.2 Å². The Hall–Kier alpha value is -2.61. The van der Waals surface area contributed by atoms with Gasteiger partial charge in [-0.05, 0) is 55.0 Å². The van der Waals surface area contributed by atoms with Crippen molar-refractivity contribution in [2.45, 2.75) is 13.1 Å². The summed E-state index contributed by atoms with van der Waals surface area (Å²) in [5.74, 6) is -0.860. The van der Waals surface area contributed by atoms with Crippen LogP contribution < -0.4 is 10.6 Å². The Balaban J connectivity index is 2.14. The molecule has 0 aromatic heterocycles. The number of thiocarbonyl (C=S) groups is 1. The largest absolute Gasteiger partial charge is 0.506 e. The Morgan fingerprint density at radius 3 is 2.46 bits per heavy atom. The average Bonchev–Trinajstić information content (AvgIpc) is 2.48. The van der Waals surface area contributed by atoms with Crippen LogP contribution in [0.3, 0.4) is 0 Å². The third-order valence-electron chi connectivity index (χ3n) is 3.05. The molecule has 0 spiro atoms. The van der Waals surface area contributed by atoms with Crippen LogP contribution in [-0.2, 0) is 6.18 Å². The van der Waals surface area contributed by atoms with E-state index in [0.717, 1.165) is 12.1 Å². The van der Waals surface area contributed by atoms with Gasteiger partial charge in [0.15, 0.2) is 5.11 Å². The van der Waals surface area contributed by atoms with E-state index in [0.29, 0.717) is 5.56 Å². The molecule has 2 aromatic rings. The predicted molar refractivity (Wildman–Crippen MR) is 88.0 cm³/mol. The lowest BCUT2D eigenvalue weighted by molar-refractivity contribution is -0.137. The van der Waals surface area contributed by atoms with Gasteiger partial charge < -0.3 is 10.4 Å². The quantitative estimate of drug-likeness (QED) is 0.566. The molecule has 0 heterocycles. The van der Waals surface area contributed by atoms with E-state index in [1.807, 2.05) is 0 Å². The van der Waals surface area contributed by atoms with Gasteiger partial charge in [0.05, 0.1) is 11.3 Å². The first-order valence-electron chi connectivity index (χ1n) is 6.76. The lowest BCUT2D eigenvalue weighted by atomic mass is 10.1. The van der Waals surface area contributed by atoms with E-state index in [1.54, 1.807) is 12.1 Å². The van der Waals surface area contributed by atoms with Crippen LogP contribution in [-0.4, -0.2) is 16.1 Å². The van der Waals surface area contributed by atoms with Gasteiger partial charge in [-0.1, -0.05) is 12.1 Å². The minimum atomic E-state index is -4.55. The van der Waals surface area contributed by atoms with Crippen LogP contribution in [0.5, 0.6) is 5.75 Å². The number of alkyl halides is 3. The topological polar surface area (TPSA) is 61.4 Å². The van der Waals surface area contributed by atoms with Crippen molar-refractivity contribution < 1.29 is 23.1 Å². The molecule has 0 unspecified atom stereocenters. The normalized spacial score (nSPS) is 11.0. The standard InChI is InChI=1S/C16H13F3N2O2S/c1-9-6-10(8-11(7-9)16(17,18)19)14(23)21-15(24)20-12-4-2-3-5-13(12)22/h2-8,22H,1H3,(H2,20,21,23,24). The molecule has 8 heteroatoms. The fourth-order valence-corrected chi connectivity index (χ4v) is 2.19. The molecule has 0 aliphatic carbocycles. The molecule has 1 amide bonds. The van der Waals surface area contributed by atoms with Gasteiger partial charge >= 0.3 is 6.18 Å². The first kappa shape index (κ1) is 17.7. The summed E-state index contributed by atoms with van der Waals surface area (Å²) in [4.78, 5) is 12.1. The summed E-state index contributed by atoms with van der Waals surface area (Å²) in [5.41, 5.74) is -0.506. The maximum atomic E-state index is 12.8. The number of aromatic hydroxyl groups is 1. The van der Waals surface area contributed by atoms with Crippen molar-refractivity contribution in [1.82, 2.24) is 5.32 Å². The van der Waals surface area contributed by atoms with Crippen molar-refractivity contribution >= 4 is 28.9 Å². The molecule has 0 aliphatic rings. The van der Waals surface area contributed by atoms with Crippen LogP contribution in [0.25, 0.3) is 0 Å². The van der Waals surface area contributed by atoms with Crippen LogP contribution in [0.1, 0.15) is 21.5 Å². The number of rotatable bonds is 2. The van der Waals surface area contributed by atoms with Crippen LogP contribution >= 0.6 is 12.2 Å². The summed E-state index contributed by atoms with van der Waals surface area (Å²) in [7, 11) is 0. The fourth-order valence-electron chi connectivity index (χ4n) is 1.99. The summed E-state index contributed by atoms with van der Waals surface area (Å²) in [6.45, 7) is 1.46. The zero-order valence-corrected chi connectivity index (χ0v) is 13.3. The number of carbonyl (C=O) groups excluding carboxylic acids is 1. The zero-order chi connectivity index (χ0) is 17.9. The molecule has 3 N–H and O–H groups in total. The Morgan fingerprint density at radius 2 is 1.83 bits per heavy atom. The van der Waals surface area contributed by atoms with E-state index in [4.69, 9.17) is 12.2 Å². The highest BCUT2D eigenvalue weighted by atomic mass is 32.1. The molecule has 0 bridgehead atoms. The smallest absolute Gasteiger partial charge is 0.416 e. The minimum absolute atomic E-state index is 0.0796. The second-order valence-corrected chi connectivity index (χ2v) is 5.42. The fraction of sp³-hybridized carbons (Fsp3) is 0.125. The second kappa shape index (κ2) is 6.88. The van der Waals surface area contributed by atoms with E-state index in [2.05, 4.69) is 10.6 Å². The van der Waals surface area contributed by atoms with Crippen molar-refractivity contribution in [1.29, 1.82) is 0 Å². The molecule has 0 aliphatic heterocycles. The molecular weight excluding hydrogens is 341 g/mol. The molecular formula is C16H13F3N2O2S. The number of halogens is 3. The first-order chi connectivity index (χ1) is 11.2.